The number of hydrogen-bond donors (Lipinski definition) is 0. The van der Waals surface area contributed by atoms with Gasteiger partial charge in [-0.2, -0.15) is 0 Å². The lowest BCUT2D eigenvalue weighted by Crippen LogP contribution is -2.45. The number of hydrogen-bond acceptors (Lipinski definition) is 5. The maximum absolute atomic E-state index is 13.1. The van der Waals surface area contributed by atoms with Gasteiger partial charge in [-0.3, -0.25) is 4.79 Å². The van der Waals surface area contributed by atoms with E-state index in [4.69, 9.17) is 9.47 Å². The molecule has 2 aromatic heterocycles. The van der Waals surface area contributed by atoms with E-state index in [9.17, 15) is 9.59 Å². The summed E-state index contributed by atoms with van der Waals surface area (Å²) in [5, 5.41) is 0. The lowest BCUT2D eigenvalue weighted by molar-refractivity contribution is 0.0244. The van der Waals surface area contributed by atoms with E-state index in [2.05, 4.69) is 4.98 Å². The molecule has 0 N–H and O–H groups in total. The molecule has 192 valence electrons. The minimum atomic E-state index is -0.526. The number of aromatic nitrogens is 2. The second kappa shape index (κ2) is 10.6. The molecule has 0 bridgehead atoms. The summed E-state index contributed by atoms with van der Waals surface area (Å²) in [4.78, 5) is 33.6. The van der Waals surface area contributed by atoms with Gasteiger partial charge in [0, 0.05) is 44.6 Å². The Balaban J connectivity index is 1.31. The van der Waals surface area contributed by atoms with Crippen molar-refractivity contribution in [2.24, 2.45) is 5.92 Å². The molecule has 1 atom stereocenters. The van der Waals surface area contributed by atoms with Gasteiger partial charge in [0.05, 0.1) is 5.69 Å². The van der Waals surface area contributed by atoms with Crippen molar-refractivity contribution in [1.29, 1.82) is 0 Å². The predicted molar refractivity (Wildman–Crippen MR) is 138 cm³/mol. The van der Waals surface area contributed by atoms with Gasteiger partial charge in [-0.25, -0.2) is 9.78 Å². The number of likely N-dealkylation sites (tertiary alicyclic amines) is 1. The van der Waals surface area contributed by atoms with Crippen molar-refractivity contribution in [3.8, 4) is 5.75 Å². The van der Waals surface area contributed by atoms with E-state index in [1.165, 1.54) is 0 Å². The summed E-state index contributed by atoms with van der Waals surface area (Å²) in [5.41, 5.74) is 2.99. The summed E-state index contributed by atoms with van der Waals surface area (Å²) in [6.07, 6.45) is 5.50. The van der Waals surface area contributed by atoms with Crippen LogP contribution in [0.5, 0.6) is 5.75 Å². The van der Waals surface area contributed by atoms with Crippen LogP contribution >= 0.6 is 0 Å². The van der Waals surface area contributed by atoms with Crippen molar-refractivity contribution in [3.63, 3.8) is 0 Å². The van der Waals surface area contributed by atoms with Crippen LogP contribution in [0.15, 0.2) is 48.8 Å². The lowest BCUT2D eigenvalue weighted by atomic mass is 9.97. The van der Waals surface area contributed by atoms with Gasteiger partial charge in [0.25, 0.3) is 5.91 Å². The normalized spacial score (nSPS) is 16.1. The van der Waals surface area contributed by atoms with Gasteiger partial charge in [0.15, 0.2) is 0 Å². The standard InChI is InChI=1S/C28H36N4O4/c1-20-8-6-14-31-18-23(29-25(20)31)19-35-24-12-10-22(11-13-24)26(33)32-15-7-9-21(17-32)16-30(5)27(34)36-28(2,3)4/h6,8,10-14,18,21H,7,9,15-17,19H2,1-5H3. The Hall–Kier alpha value is -3.55. The number of aryl methyl sites for hydroxylation is 1. The number of carbonyl (C=O) groups excluding carboxylic acids is 2. The molecule has 0 radical (unpaired) electrons. The number of nitrogens with zero attached hydrogens (tertiary/aromatic N) is 4. The van der Waals surface area contributed by atoms with E-state index >= 15 is 0 Å². The quantitative estimate of drug-likeness (QED) is 0.487. The van der Waals surface area contributed by atoms with Crippen molar-refractivity contribution in [3.05, 3.63) is 65.6 Å². The topological polar surface area (TPSA) is 76.4 Å². The van der Waals surface area contributed by atoms with Crippen molar-refractivity contribution in [2.45, 2.75) is 52.7 Å². The van der Waals surface area contributed by atoms with Crippen molar-refractivity contribution in [1.82, 2.24) is 19.2 Å². The zero-order valence-corrected chi connectivity index (χ0v) is 21.9. The third kappa shape index (κ3) is 6.36. The van der Waals surface area contributed by atoms with Crippen LogP contribution in [-0.2, 0) is 11.3 Å². The summed E-state index contributed by atoms with van der Waals surface area (Å²) in [6, 6.07) is 11.3. The first-order valence-corrected chi connectivity index (χ1v) is 12.5. The molecule has 0 saturated carbocycles. The Morgan fingerprint density at radius 3 is 2.61 bits per heavy atom. The van der Waals surface area contributed by atoms with Crippen LogP contribution < -0.4 is 4.74 Å². The fraction of sp³-hybridized carbons (Fsp3) is 0.464. The molecule has 1 fully saturated rings. The number of pyridine rings is 1. The molecule has 2 amide bonds. The monoisotopic (exact) mass is 492 g/mol. The first-order valence-electron chi connectivity index (χ1n) is 12.5. The van der Waals surface area contributed by atoms with Gasteiger partial charge in [0.2, 0.25) is 0 Å². The van der Waals surface area contributed by atoms with E-state index in [1.54, 1.807) is 11.9 Å². The number of imidazole rings is 1. The number of carbonyl (C=O) groups is 2. The zero-order chi connectivity index (χ0) is 25.9. The number of amides is 2. The smallest absolute Gasteiger partial charge is 0.410 e. The van der Waals surface area contributed by atoms with Gasteiger partial charge in [-0.1, -0.05) is 6.07 Å². The van der Waals surface area contributed by atoms with Crippen LogP contribution in [0.4, 0.5) is 4.79 Å². The highest BCUT2D eigenvalue weighted by Crippen LogP contribution is 2.22. The molecule has 1 aliphatic rings. The number of ether oxygens (including phenoxy) is 2. The second-order valence-corrected chi connectivity index (χ2v) is 10.6. The number of piperidine rings is 1. The minimum absolute atomic E-state index is 0.00185. The average Bonchev–Trinajstić information content (AvgIpc) is 3.26. The summed E-state index contributed by atoms with van der Waals surface area (Å²) < 4.78 is 13.4. The Bertz CT molecular complexity index is 1210. The van der Waals surface area contributed by atoms with Gasteiger partial charge < -0.3 is 23.7 Å². The molecule has 0 aliphatic carbocycles. The first-order chi connectivity index (χ1) is 17.1. The van der Waals surface area contributed by atoms with E-state index in [-0.39, 0.29) is 17.9 Å². The van der Waals surface area contributed by atoms with E-state index in [1.807, 2.05) is 85.8 Å². The molecule has 0 spiro atoms. The van der Waals surface area contributed by atoms with Crippen LogP contribution in [0.2, 0.25) is 0 Å². The largest absolute Gasteiger partial charge is 0.487 e. The van der Waals surface area contributed by atoms with Crippen molar-refractivity contribution < 1.29 is 19.1 Å². The Morgan fingerprint density at radius 1 is 1.17 bits per heavy atom. The number of benzene rings is 1. The van der Waals surface area contributed by atoms with E-state index < -0.39 is 5.60 Å². The molecule has 4 rings (SSSR count). The second-order valence-electron chi connectivity index (χ2n) is 10.6. The Morgan fingerprint density at radius 2 is 1.92 bits per heavy atom. The lowest BCUT2D eigenvalue weighted by Gasteiger charge is -2.35. The maximum Gasteiger partial charge on any atom is 0.410 e. The third-order valence-electron chi connectivity index (χ3n) is 6.26. The van der Waals surface area contributed by atoms with Gasteiger partial charge >= 0.3 is 6.09 Å². The number of rotatable bonds is 6. The van der Waals surface area contributed by atoms with Crippen LogP contribution in [0, 0.1) is 12.8 Å². The molecule has 1 aliphatic heterocycles. The summed E-state index contributed by atoms with van der Waals surface area (Å²) in [6.45, 7) is 9.87. The predicted octanol–water partition coefficient (Wildman–Crippen LogP) is 4.94. The fourth-order valence-corrected chi connectivity index (χ4v) is 4.51. The SMILES string of the molecule is Cc1cccn2cc(COc3ccc(C(=O)N4CCCC(CN(C)C(=O)OC(C)(C)C)C4)cc3)nc12. The molecule has 1 saturated heterocycles. The molecule has 36 heavy (non-hydrogen) atoms. The summed E-state index contributed by atoms with van der Waals surface area (Å²) >= 11 is 0. The molecule has 8 nitrogen and oxygen atoms in total. The van der Waals surface area contributed by atoms with Crippen LogP contribution in [0.3, 0.4) is 0 Å². The van der Waals surface area contributed by atoms with E-state index in [0.717, 1.165) is 36.3 Å². The minimum Gasteiger partial charge on any atom is -0.487 e. The number of fused-ring (bicyclic) bond motifs is 1. The van der Waals surface area contributed by atoms with Crippen molar-refractivity contribution >= 4 is 17.6 Å². The fourth-order valence-electron chi connectivity index (χ4n) is 4.51. The van der Waals surface area contributed by atoms with Crippen LogP contribution in [0.25, 0.3) is 5.65 Å². The first kappa shape index (κ1) is 25.5. The van der Waals surface area contributed by atoms with Gasteiger partial charge in [0.1, 0.15) is 23.6 Å². The van der Waals surface area contributed by atoms with E-state index in [0.29, 0.717) is 31.0 Å². The summed E-state index contributed by atoms with van der Waals surface area (Å²) in [5.74, 6) is 0.912. The molecule has 1 aromatic carbocycles. The van der Waals surface area contributed by atoms with Gasteiger partial charge in [-0.15, -0.1) is 0 Å². The highest BCUT2D eigenvalue weighted by Gasteiger charge is 2.28. The molecule has 3 aromatic rings. The zero-order valence-electron chi connectivity index (χ0n) is 21.9. The highest BCUT2D eigenvalue weighted by atomic mass is 16.6. The molecular formula is C28H36N4O4. The molecule has 3 heterocycles. The van der Waals surface area contributed by atoms with Crippen LogP contribution in [-0.4, -0.2) is 63.5 Å². The summed E-state index contributed by atoms with van der Waals surface area (Å²) in [7, 11) is 1.75. The molecule has 1 unspecified atom stereocenters. The third-order valence-corrected chi connectivity index (χ3v) is 6.26. The van der Waals surface area contributed by atoms with Gasteiger partial charge in [-0.05, 0) is 82.3 Å². The molecule has 8 heteroatoms. The van der Waals surface area contributed by atoms with Crippen molar-refractivity contribution in [2.75, 3.05) is 26.7 Å². The maximum atomic E-state index is 13.1. The Labute approximate surface area is 212 Å². The molecular weight excluding hydrogens is 456 g/mol. The van der Waals surface area contributed by atoms with Crippen LogP contribution in [0.1, 0.15) is 55.2 Å². The average molecular weight is 493 g/mol. The Kier molecular flexibility index (Phi) is 7.52. The highest BCUT2D eigenvalue weighted by molar-refractivity contribution is 5.94.